The van der Waals surface area contributed by atoms with Gasteiger partial charge in [0, 0.05) is 29.4 Å². The number of carbonyl (C=O) groups is 1. The number of carboxylic acid groups (broad SMARTS) is 1. The first-order valence-electron chi connectivity index (χ1n) is 8.42. The topological polar surface area (TPSA) is 101 Å². The van der Waals surface area contributed by atoms with E-state index in [1.807, 2.05) is 30.3 Å². The number of benzene rings is 2. The molecule has 7 heteroatoms. The second-order valence-corrected chi connectivity index (χ2v) is 5.63. The molecule has 0 atom stereocenters. The van der Waals surface area contributed by atoms with Gasteiger partial charge in [-0.3, -0.25) is 15.0 Å². The van der Waals surface area contributed by atoms with Crippen molar-refractivity contribution >= 4 is 23.3 Å². The third kappa shape index (κ3) is 5.96. The maximum Gasteiger partial charge on any atom is 2.00 e. The molecule has 1 heterocycles. The van der Waals surface area contributed by atoms with Gasteiger partial charge in [0.1, 0.15) is 0 Å². The van der Waals surface area contributed by atoms with Gasteiger partial charge < -0.3 is 15.0 Å². The average Bonchev–Trinajstić information content (AvgIpc) is 2.73. The van der Waals surface area contributed by atoms with E-state index in [1.165, 1.54) is 6.20 Å². The summed E-state index contributed by atoms with van der Waals surface area (Å²) in [5, 5.41) is 23.1. The number of hydrogen-bond donors (Lipinski definition) is 0. The normalized spacial score (nSPS) is 11.9. The fourth-order valence-corrected chi connectivity index (χ4v) is 2.50. The van der Waals surface area contributed by atoms with E-state index in [1.54, 1.807) is 42.5 Å². The summed E-state index contributed by atoms with van der Waals surface area (Å²) in [7, 11) is 0. The Balaban J connectivity index is 0.00000300. The van der Waals surface area contributed by atoms with Crippen LogP contribution in [-0.2, 0) is 21.3 Å². The Bertz CT molecular complexity index is 1050. The summed E-state index contributed by atoms with van der Waals surface area (Å²) >= 11 is 0. The Morgan fingerprint density at radius 3 is 2.28 bits per heavy atom. The van der Waals surface area contributed by atoms with Crippen molar-refractivity contribution in [2.24, 2.45) is 9.98 Å². The van der Waals surface area contributed by atoms with E-state index in [2.05, 4.69) is 15.0 Å². The molecule has 3 rings (SSSR count). The van der Waals surface area contributed by atoms with Gasteiger partial charge in [0.25, 0.3) is 0 Å². The van der Waals surface area contributed by atoms with Crippen LogP contribution in [0.2, 0.25) is 0 Å². The summed E-state index contributed by atoms with van der Waals surface area (Å²) in [6.07, 6.45) is 3.51. The molecule has 0 aliphatic heterocycles. The van der Waals surface area contributed by atoms with Crippen molar-refractivity contribution < 1.29 is 31.5 Å². The van der Waals surface area contributed by atoms with Crippen molar-refractivity contribution in [2.75, 3.05) is 0 Å². The third-order valence-corrected chi connectivity index (χ3v) is 3.73. The summed E-state index contributed by atoms with van der Waals surface area (Å²) < 4.78 is 0. The minimum absolute atomic E-state index is 0. The summed E-state index contributed by atoms with van der Waals surface area (Å²) in [5.41, 5.74) is 2.45. The summed E-state index contributed by atoms with van der Waals surface area (Å²) in [5.74, 6) is -1.83. The van der Waals surface area contributed by atoms with Gasteiger partial charge in [-0.1, -0.05) is 54.6 Å². The molecule has 0 bridgehead atoms. The molecule has 146 valence electrons. The molecule has 0 fully saturated rings. The quantitative estimate of drug-likeness (QED) is 0.258. The smallest absolute Gasteiger partial charge is 0.857 e. The Morgan fingerprint density at radius 1 is 0.897 bits per heavy atom. The molecule has 0 saturated heterocycles. The van der Waals surface area contributed by atoms with Gasteiger partial charge in [0.2, 0.25) is 0 Å². The number of carboxylic acids is 1. The number of aliphatic carboxylic acids is 1. The fraction of sp³-hybridized carbons (Fsp3) is 0. The number of para-hydroxylation sites is 1. The fourth-order valence-electron chi connectivity index (χ4n) is 2.50. The molecule has 0 radical (unpaired) electrons. The van der Waals surface area contributed by atoms with Crippen molar-refractivity contribution in [2.45, 2.75) is 0 Å². The summed E-state index contributed by atoms with van der Waals surface area (Å²) in [6, 6.07) is 21.2. The number of pyridine rings is 1. The zero-order valence-corrected chi connectivity index (χ0v) is 16.0. The van der Waals surface area contributed by atoms with Crippen LogP contribution in [0.3, 0.4) is 0 Å². The first-order valence-corrected chi connectivity index (χ1v) is 8.42. The maximum atomic E-state index is 12.5. The molecule has 0 aliphatic carbocycles. The zero-order chi connectivity index (χ0) is 19.8. The van der Waals surface area contributed by atoms with E-state index < -0.39 is 11.9 Å². The zero-order valence-electron chi connectivity index (χ0n) is 15.0. The molecule has 0 unspecified atom stereocenters. The summed E-state index contributed by atoms with van der Waals surface area (Å²) in [6.45, 7) is 0. The standard InChI is InChI=1S/C22H17N3O3.Ni/c26-20(27)13-15-24-21(16-8-2-1-3-9-16)17-10-4-5-11-18(17)25-22(28)19-12-6-7-14-23-19;/h1-15H,(H,25,28)(H,26,27);/q;+2/p-2/b15-13-,24-21?;. The number of aliphatic imine (C=N–C) groups is 2. The molecule has 0 saturated carbocycles. The monoisotopic (exact) mass is 427 g/mol. The Morgan fingerprint density at radius 2 is 1.59 bits per heavy atom. The number of aromatic nitrogens is 1. The third-order valence-electron chi connectivity index (χ3n) is 3.73. The molecule has 0 aliphatic rings. The van der Waals surface area contributed by atoms with Gasteiger partial charge in [-0.25, -0.2) is 0 Å². The van der Waals surface area contributed by atoms with E-state index in [-0.39, 0.29) is 22.2 Å². The van der Waals surface area contributed by atoms with E-state index in [0.717, 1.165) is 17.8 Å². The van der Waals surface area contributed by atoms with Gasteiger partial charge >= 0.3 is 16.5 Å². The van der Waals surface area contributed by atoms with Crippen LogP contribution in [-0.4, -0.2) is 22.6 Å². The molecule has 0 spiro atoms. The van der Waals surface area contributed by atoms with Crippen LogP contribution in [0.1, 0.15) is 16.8 Å². The number of carbonyl (C=O) groups excluding carboxylic acids is 1. The van der Waals surface area contributed by atoms with Crippen LogP contribution >= 0.6 is 0 Å². The van der Waals surface area contributed by atoms with E-state index in [0.29, 0.717) is 17.0 Å². The largest absolute Gasteiger partial charge is 2.00 e. The molecule has 0 N–H and O–H groups in total. The van der Waals surface area contributed by atoms with Gasteiger partial charge in [-0.05, 0) is 24.3 Å². The summed E-state index contributed by atoms with van der Waals surface area (Å²) in [4.78, 5) is 23.2. The van der Waals surface area contributed by atoms with Crippen molar-refractivity contribution in [1.82, 2.24) is 4.98 Å². The molecule has 6 nitrogen and oxygen atoms in total. The van der Waals surface area contributed by atoms with Gasteiger partial charge in [0.15, 0.2) is 0 Å². The van der Waals surface area contributed by atoms with Crippen LogP contribution < -0.4 is 10.2 Å². The number of hydrogen-bond acceptors (Lipinski definition) is 6. The SMILES string of the molecule is O=C([O-])/C=C\N=C(c1ccccc1)c1ccccc1N=C([O-])c1ccccn1.[Ni+2]. The van der Waals surface area contributed by atoms with Crippen molar-refractivity contribution in [3.63, 3.8) is 0 Å². The van der Waals surface area contributed by atoms with E-state index >= 15 is 0 Å². The molecule has 29 heavy (non-hydrogen) atoms. The molecule has 0 amide bonds. The molecule has 2 aromatic carbocycles. The van der Waals surface area contributed by atoms with Gasteiger partial charge in [-0.15, -0.1) is 0 Å². The van der Waals surface area contributed by atoms with Crippen molar-refractivity contribution in [3.05, 3.63) is 108 Å². The first-order chi connectivity index (χ1) is 13.6. The molecule has 3 aromatic rings. The van der Waals surface area contributed by atoms with Crippen LogP contribution in [0.5, 0.6) is 0 Å². The molecule has 1 aromatic heterocycles. The number of rotatable bonds is 6. The number of nitrogens with zero attached hydrogens (tertiary/aromatic N) is 3. The Hall–Kier alpha value is -3.57. The van der Waals surface area contributed by atoms with Gasteiger partial charge in [0.05, 0.1) is 23.1 Å². The molecular weight excluding hydrogens is 413 g/mol. The maximum absolute atomic E-state index is 12.5. The van der Waals surface area contributed by atoms with E-state index in [4.69, 9.17) is 0 Å². The first kappa shape index (κ1) is 21.7. The van der Waals surface area contributed by atoms with Crippen LogP contribution in [0.15, 0.2) is 101 Å². The van der Waals surface area contributed by atoms with Crippen molar-refractivity contribution in [1.29, 1.82) is 0 Å². The van der Waals surface area contributed by atoms with Crippen molar-refractivity contribution in [3.8, 4) is 0 Å². The van der Waals surface area contributed by atoms with Crippen LogP contribution in [0.25, 0.3) is 0 Å². The average molecular weight is 428 g/mol. The van der Waals surface area contributed by atoms with Crippen LogP contribution in [0, 0.1) is 0 Å². The minimum atomic E-state index is -1.35. The van der Waals surface area contributed by atoms with Crippen LogP contribution in [0.4, 0.5) is 5.69 Å². The van der Waals surface area contributed by atoms with Gasteiger partial charge in [-0.2, -0.15) is 0 Å². The second-order valence-electron chi connectivity index (χ2n) is 5.63. The minimum Gasteiger partial charge on any atom is -0.857 e. The Labute approximate surface area is 177 Å². The second kappa shape index (κ2) is 10.7. The molecular formula is C22H15N3NiO3. The predicted molar refractivity (Wildman–Crippen MR) is 103 cm³/mol. The van der Waals surface area contributed by atoms with E-state index in [9.17, 15) is 15.0 Å². The predicted octanol–water partition coefficient (Wildman–Crippen LogP) is 1.62. The Kier molecular flexibility index (Phi) is 8.01.